The average molecular weight is 417 g/mol. The molecule has 9 heteroatoms. The molecule has 2 atom stereocenters. The number of rotatable bonds is 5. The molecule has 6 nitrogen and oxygen atoms in total. The summed E-state index contributed by atoms with van der Waals surface area (Å²) in [5.41, 5.74) is 1.62. The van der Waals surface area contributed by atoms with Crippen LogP contribution in [-0.4, -0.2) is 39.5 Å². The Kier molecular flexibility index (Phi) is 5.46. The van der Waals surface area contributed by atoms with E-state index in [0.29, 0.717) is 35.4 Å². The summed E-state index contributed by atoms with van der Waals surface area (Å²) in [6, 6.07) is 5.25. The van der Waals surface area contributed by atoms with Gasteiger partial charge in [-0.05, 0) is 26.3 Å². The van der Waals surface area contributed by atoms with E-state index in [1.54, 1.807) is 20.0 Å². The standard InChI is InChI=1S/C21H22F3N5O/c1-11(15-4-3-5-16(18(15)22)20(23)24)26-21-17-8-13(29-7-6-14(30)10-29)9-25-19(17)12(2)27-28-21/h3-5,8-9,11,14,20,30H,6-7,10H2,1-2H3,(H,26,28)/t11-,14?/m1/s1. The highest BCUT2D eigenvalue weighted by molar-refractivity contribution is 5.92. The van der Waals surface area contributed by atoms with Gasteiger partial charge in [-0.15, -0.1) is 5.10 Å². The SMILES string of the molecule is Cc1nnc(N[C@H](C)c2cccc(C(F)F)c2F)c2cc(N3CCC(O)C3)cnc12. The number of nitrogens with one attached hydrogen (secondary N) is 1. The van der Waals surface area contributed by atoms with Gasteiger partial charge in [-0.3, -0.25) is 4.98 Å². The van der Waals surface area contributed by atoms with E-state index in [0.717, 1.165) is 18.3 Å². The van der Waals surface area contributed by atoms with Crippen LogP contribution in [0, 0.1) is 12.7 Å². The molecule has 1 unspecified atom stereocenters. The highest BCUT2D eigenvalue weighted by Gasteiger charge is 2.23. The van der Waals surface area contributed by atoms with Crippen LogP contribution in [0.1, 0.15) is 42.6 Å². The van der Waals surface area contributed by atoms with E-state index in [1.165, 1.54) is 12.1 Å². The van der Waals surface area contributed by atoms with Gasteiger partial charge >= 0.3 is 0 Å². The number of aliphatic hydroxyl groups is 1. The van der Waals surface area contributed by atoms with Gasteiger partial charge in [-0.1, -0.05) is 18.2 Å². The summed E-state index contributed by atoms with van der Waals surface area (Å²) in [5.74, 6) is -0.541. The van der Waals surface area contributed by atoms with Crippen LogP contribution in [0.25, 0.3) is 10.9 Å². The van der Waals surface area contributed by atoms with Gasteiger partial charge in [-0.2, -0.15) is 5.10 Å². The lowest BCUT2D eigenvalue weighted by Gasteiger charge is -2.20. The fourth-order valence-corrected chi connectivity index (χ4v) is 3.76. The topological polar surface area (TPSA) is 74.2 Å². The molecule has 1 aliphatic heterocycles. The van der Waals surface area contributed by atoms with Crippen molar-refractivity contribution < 1.29 is 18.3 Å². The number of fused-ring (bicyclic) bond motifs is 1. The quantitative estimate of drug-likeness (QED) is 0.650. The lowest BCUT2D eigenvalue weighted by molar-refractivity contribution is 0.146. The molecule has 3 heterocycles. The monoisotopic (exact) mass is 417 g/mol. The number of aliphatic hydroxyl groups excluding tert-OH is 1. The number of aromatic nitrogens is 3. The molecule has 0 saturated carbocycles. The molecule has 2 N–H and O–H groups in total. The second-order valence-electron chi connectivity index (χ2n) is 7.53. The van der Waals surface area contributed by atoms with E-state index >= 15 is 0 Å². The molecule has 0 radical (unpaired) electrons. The van der Waals surface area contributed by atoms with E-state index in [-0.39, 0.29) is 11.7 Å². The fourth-order valence-electron chi connectivity index (χ4n) is 3.76. The lowest BCUT2D eigenvalue weighted by atomic mass is 10.0. The highest BCUT2D eigenvalue weighted by atomic mass is 19.3. The maximum Gasteiger partial charge on any atom is 0.266 e. The molecule has 30 heavy (non-hydrogen) atoms. The number of benzene rings is 1. The van der Waals surface area contributed by atoms with Crippen LogP contribution >= 0.6 is 0 Å². The maximum absolute atomic E-state index is 14.6. The molecule has 1 aliphatic rings. The zero-order valence-electron chi connectivity index (χ0n) is 16.6. The molecule has 0 bridgehead atoms. The molecule has 4 rings (SSSR count). The number of halogens is 3. The number of anilines is 2. The lowest BCUT2D eigenvalue weighted by Crippen LogP contribution is -2.21. The van der Waals surface area contributed by atoms with Crippen molar-refractivity contribution in [1.29, 1.82) is 0 Å². The third kappa shape index (κ3) is 3.77. The van der Waals surface area contributed by atoms with Crippen LogP contribution < -0.4 is 10.2 Å². The maximum atomic E-state index is 14.6. The molecule has 0 amide bonds. The van der Waals surface area contributed by atoms with E-state index in [4.69, 9.17) is 0 Å². The molecular weight excluding hydrogens is 395 g/mol. The Morgan fingerprint density at radius 1 is 1.23 bits per heavy atom. The van der Waals surface area contributed by atoms with Crippen molar-refractivity contribution in [2.24, 2.45) is 0 Å². The van der Waals surface area contributed by atoms with Crippen molar-refractivity contribution in [2.75, 3.05) is 23.3 Å². The molecule has 0 aliphatic carbocycles. The molecule has 2 aromatic heterocycles. The Morgan fingerprint density at radius 2 is 2.00 bits per heavy atom. The van der Waals surface area contributed by atoms with E-state index in [2.05, 4.69) is 20.5 Å². The van der Waals surface area contributed by atoms with Gasteiger partial charge in [-0.25, -0.2) is 13.2 Å². The third-order valence-electron chi connectivity index (χ3n) is 5.41. The molecular formula is C21H22F3N5O. The van der Waals surface area contributed by atoms with Crippen LogP contribution in [-0.2, 0) is 0 Å². The second-order valence-corrected chi connectivity index (χ2v) is 7.53. The third-order valence-corrected chi connectivity index (χ3v) is 5.41. The van der Waals surface area contributed by atoms with Crippen LogP contribution in [0.2, 0.25) is 0 Å². The summed E-state index contributed by atoms with van der Waals surface area (Å²) in [5, 5.41) is 21.9. The van der Waals surface area contributed by atoms with Gasteiger partial charge in [0, 0.05) is 24.0 Å². The van der Waals surface area contributed by atoms with Crippen LogP contribution in [0.15, 0.2) is 30.5 Å². The minimum atomic E-state index is -2.89. The van der Waals surface area contributed by atoms with Crippen molar-refractivity contribution in [3.8, 4) is 0 Å². The number of β-amino-alcohol motifs (C(OH)–C–C–N with tert-alkyl or cyclic N) is 1. The van der Waals surface area contributed by atoms with Crippen LogP contribution in [0.3, 0.4) is 0 Å². The fraction of sp³-hybridized carbons (Fsp3) is 0.381. The number of alkyl halides is 2. The number of nitrogens with zero attached hydrogens (tertiary/aromatic N) is 4. The Labute approximate surface area is 171 Å². The Morgan fingerprint density at radius 3 is 2.70 bits per heavy atom. The molecule has 1 aromatic carbocycles. The Hall–Kier alpha value is -2.94. The molecule has 158 valence electrons. The van der Waals surface area contributed by atoms with Crippen molar-refractivity contribution in [3.05, 3.63) is 53.1 Å². The van der Waals surface area contributed by atoms with Gasteiger partial charge in [0.1, 0.15) is 5.82 Å². The molecule has 3 aromatic rings. The number of pyridine rings is 1. The molecule has 1 saturated heterocycles. The summed E-state index contributed by atoms with van der Waals surface area (Å²) >= 11 is 0. The van der Waals surface area contributed by atoms with Gasteiger partial charge in [0.2, 0.25) is 0 Å². The molecule has 1 fully saturated rings. The van der Waals surface area contributed by atoms with Gasteiger partial charge < -0.3 is 15.3 Å². The van der Waals surface area contributed by atoms with Crippen LogP contribution in [0.4, 0.5) is 24.7 Å². The van der Waals surface area contributed by atoms with Gasteiger partial charge in [0.15, 0.2) is 5.82 Å². The van der Waals surface area contributed by atoms with Crippen molar-refractivity contribution in [1.82, 2.24) is 15.2 Å². The minimum absolute atomic E-state index is 0.120. The normalized spacial score (nSPS) is 17.7. The summed E-state index contributed by atoms with van der Waals surface area (Å²) in [4.78, 5) is 6.54. The molecule has 0 spiro atoms. The summed E-state index contributed by atoms with van der Waals surface area (Å²) in [6.07, 6.45) is -0.845. The first-order valence-corrected chi connectivity index (χ1v) is 9.74. The Balaban J connectivity index is 1.70. The van der Waals surface area contributed by atoms with Crippen LogP contribution in [0.5, 0.6) is 0 Å². The van der Waals surface area contributed by atoms with Crippen molar-refractivity contribution in [2.45, 2.75) is 38.8 Å². The Bertz CT molecular complexity index is 1080. The first kappa shape index (κ1) is 20.3. The first-order valence-electron chi connectivity index (χ1n) is 9.74. The van der Waals surface area contributed by atoms with E-state index in [1.807, 2.05) is 11.0 Å². The minimum Gasteiger partial charge on any atom is -0.391 e. The summed E-state index contributed by atoms with van der Waals surface area (Å²) < 4.78 is 40.7. The predicted octanol–water partition coefficient (Wildman–Crippen LogP) is 4.15. The zero-order chi connectivity index (χ0) is 21.4. The van der Waals surface area contributed by atoms with Crippen molar-refractivity contribution >= 4 is 22.4 Å². The number of hydrogen-bond acceptors (Lipinski definition) is 6. The highest BCUT2D eigenvalue weighted by Crippen LogP contribution is 2.32. The average Bonchev–Trinajstić information content (AvgIpc) is 3.16. The smallest absolute Gasteiger partial charge is 0.266 e. The van der Waals surface area contributed by atoms with E-state index in [9.17, 15) is 18.3 Å². The largest absolute Gasteiger partial charge is 0.391 e. The van der Waals surface area contributed by atoms with E-state index < -0.39 is 23.8 Å². The number of hydrogen-bond donors (Lipinski definition) is 2. The zero-order valence-corrected chi connectivity index (χ0v) is 16.6. The second kappa shape index (κ2) is 8.06. The van der Waals surface area contributed by atoms with Crippen molar-refractivity contribution in [3.63, 3.8) is 0 Å². The van der Waals surface area contributed by atoms with Gasteiger partial charge in [0.25, 0.3) is 6.43 Å². The first-order chi connectivity index (χ1) is 14.3. The summed E-state index contributed by atoms with van der Waals surface area (Å²) in [7, 11) is 0. The summed E-state index contributed by atoms with van der Waals surface area (Å²) in [6.45, 7) is 4.71. The number of aryl methyl sites for hydroxylation is 1. The predicted molar refractivity (Wildman–Crippen MR) is 108 cm³/mol. The van der Waals surface area contributed by atoms with Gasteiger partial charge in [0.05, 0.1) is 40.8 Å².